The van der Waals surface area contributed by atoms with Gasteiger partial charge in [-0.05, 0) is 43.3 Å². The van der Waals surface area contributed by atoms with Crippen molar-refractivity contribution in [2.75, 3.05) is 24.8 Å². The third kappa shape index (κ3) is 5.62. The minimum absolute atomic E-state index is 0.0699. The summed E-state index contributed by atoms with van der Waals surface area (Å²) in [5.74, 6) is 2.33. The summed E-state index contributed by atoms with van der Waals surface area (Å²) in [5, 5.41) is 19.8. The van der Waals surface area contributed by atoms with Gasteiger partial charge in [-0.15, -0.1) is 15.3 Å². The van der Waals surface area contributed by atoms with Gasteiger partial charge in [0.25, 0.3) is 0 Å². The van der Waals surface area contributed by atoms with Gasteiger partial charge in [0.2, 0.25) is 11.8 Å². The van der Waals surface area contributed by atoms with Crippen molar-refractivity contribution in [3.63, 3.8) is 0 Å². The van der Waals surface area contributed by atoms with E-state index < -0.39 is 0 Å². The van der Waals surface area contributed by atoms with Crippen molar-refractivity contribution in [2.45, 2.75) is 31.8 Å². The van der Waals surface area contributed by atoms with Crippen LogP contribution >= 0.6 is 11.8 Å². The van der Waals surface area contributed by atoms with E-state index in [1.165, 1.54) is 11.8 Å². The predicted molar refractivity (Wildman–Crippen MR) is 132 cm³/mol. The Morgan fingerprint density at radius 3 is 2.54 bits per heavy atom. The fraction of sp³-hybridized carbons (Fsp3) is 0.292. The molecule has 0 aliphatic rings. The quantitative estimate of drug-likeness (QED) is 0.316. The summed E-state index contributed by atoms with van der Waals surface area (Å²) in [6.45, 7) is 6.38. The Morgan fingerprint density at radius 2 is 1.86 bits per heavy atom. The molecule has 1 N–H and O–H groups in total. The molecule has 0 aliphatic heterocycles. The van der Waals surface area contributed by atoms with Crippen molar-refractivity contribution >= 4 is 23.7 Å². The topological polar surface area (TPSA) is 117 Å². The molecular weight excluding hydrogens is 468 g/mol. The zero-order chi connectivity index (χ0) is 24.8. The zero-order valence-corrected chi connectivity index (χ0v) is 20.7. The van der Waals surface area contributed by atoms with Crippen LogP contribution in [-0.2, 0) is 4.79 Å². The first kappa shape index (κ1) is 24.3. The lowest BCUT2D eigenvalue weighted by Crippen LogP contribution is -2.15. The number of anilines is 1. The lowest BCUT2D eigenvalue weighted by atomic mass is 10.2. The molecule has 4 rings (SSSR count). The number of nitrogens with one attached hydrogen (secondary N) is 1. The molecule has 1 amide bonds. The summed E-state index contributed by atoms with van der Waals surface area (Å²) < 4.78 is 18.5. The van der Waals surface area contributed by atoms with Gasteiger partial charge in [-0.25, -0.2) is 0 Å². The van der Waals surface area contributed by atoms with Gasteiger partial charge >= 0.3 is 6.01 Å². The molecular formula is C24H26N6O4S. The molecule has 2 heterocycles. The van der Waals surface area contributed by atoms with Crippen molar-refractivity contribution in [3.05, 3.63) is 54.4 Å². The molecule has 0 spiro atoms. The van der Waals surface area contributed by atoms with Gasteiger partial charge in [0.05, 0.1) is 30.7 Å². The van der Waals surface area contributed by atoms with Crippen LogP contribution in [-0.4, -0.2) is 50.3 Å². The molecule has 0 saturated carbocycles. The van der Waals surface area contributed by atoms with Crippen LogP contribution in [0.15, 0.2) is 58.1 Å². The minimum atomic E-state index is -0.297. The Hall–Kier alpha value is -3.86. The summed E-state index contributed by atoms with van der Waals surface area (Å²) in [7, 11) is 1.61. The van der Waals surface area contributed by atoms with Crippen LogP contribution in [0, 0.1) is 0 Å². The molecule has 0 fully saturated rings. The van der Waals surface area contributed by atoms with Gasteiger partial charge in [0.1, 0.15) is 11.5 Å². The number of amides is 1. The Kier molecular flexibility index (Phi) is 7.66. The van der Waals surface area contributed by atoms with E-state index in [9.17, 15) is 4.79 Å². The standard InChI is InChI=1S/C24H26N6O4S/c1-5-33-17-12-10-16(11-13-17)30-21(18-8-6-7-9-19(18)32-4)26-29-24(30)35-14-20(31)25-23-28-27-22(34-23)15(2)3/h6-13,15H,5,14H2,1-4H3,(H,25,28,31). The van der Waals surface area contributed by atoms with Crippen molar-refractivity contribution < 1.29 is 18.7 Å². The average Bonchev–Trinajstić information content (AvgIpc) is 3.51. The molecule has 0 bridgehead atoms. The molecule has 0 aliphatic carbocycles. The van der Waals surface area contributed by atoms with Gasteiger partial charge in [-0.3, -0.25) is 14.7 Å². The lowest BCUT2D eigenvalue weighted by Gasteiger charge is -2.13. The highest BCUT2D eigenvalue weighted by Crippen LogP contribution is 2.33. The Balaban J connectivity index is 1.61. The van der Waals surface area contributed by atoms with E-state index in [4.69, 9.17) is 13.9 Å². The van der Waals surface area contributed by atoms with Gasteiger partial charge in [-0.2, -0.15) is 0 Å². The highest BCUT2D eigenvalue weighted by Gasteiger charge is 2.20. The Labute approximate surface area is 207 Å². The molecule has 35 heavy (non-hydrogen) atoms. The zero-order valence-electron chi connectivity index (χ0n) is 19.9. The van der Waals surface area contributed by atoms with E-state index >= 15 is 0 Å². The number of nitrogens with zero attached hydrogens (tertiary/aromatic N) is 5. The number of methoxy groups -OCH3 is 1. The van der Waals surface area contributed by atoms with E-state index in [2.05, 4.69) is 25.7 Å². The van der Waals surface area contributed by atoms with Crippen molar-refractivity contribution in [3.8, 4) is 28.6 Å². The molecule has 0 radical (unpaired) electrons. The SMILES string of the molecule is CCOc1ccc(-n2c(SCC(=O)Nc3nnc(C(C)C)o3)nnc2-c2ccccc2OC)cc1. The minimum Gasteiger partial charge on any atom is -0.496 e. The van der Waals surface area contributed by atoms with Gasteiger partial charge in [0, 0.05) is 5.92 Å². The van der Waals surface area contributed by atoms with E-state index in [0.717, 1.165) is 17.0 Å². The van der Waals surface area contributed by atoms with Gasteiger partial charge in [0.15, 0.2) is 11.0 Å². The largest absolute Gasteiger partial charge is 0.496 e. The lowest BCUT2D eigenvalue weighted by molar-refractivity contribution is -0.113. The van der Waals surface area contributed by atoms with Crippen LogP contribution < -0.4 is 14.8 Å². The number of hydrogen-bond donors (Lipinski definition) is 1. The molecule has 0 saturated heterocycles. The average molecular weight is 495 g/mol. The first-order valence-corrected chi connectivity index (χ1v) is 12.1. The number of hydrogen-bond acceptors (Lipinski definition) is 9. The van der Waals surface area contributed by atoms with Crippen LogP contribution in [0.3, 0.4) is 0 Å². The molecule has 182 valence electrons. The second-order valence-corrected chi connectivity index (χ2v) is 8.65. The fourth-order valence-electron chi connectivity index (χ4n) is 3.26. The first-order chi connectivity index (χ1) is 17.0. The van der Waals surface area contributed by atoms with Gasteiger partial charge in [-0.1, -0.05) is 42.8 Å². The number of thioether (sulfide) groups is 1. The summed E-state index contributed by atoms with van der Waals surface area (Å²) in [6.07, 6.45) is 0. The number of benzene rings is 2. The molecule has 4 aromatic rings. The van der Waals surface area contributed by atoms with Crippen LogP contribution in [0.2, 0.25) is 0 Å². The smallest absolute Gasteiger partial charge is 0.322 e. The summed E-state index contributed by atoms with van der Waals surface area (Å²) >= 11 is 1.24. The number of para-hydroxylation sites is 1. The van der Waals surface area contributed by atoms with E-state index in [0.29, 0.717) is 29.2 Å². The summed E-state index contributed by atoms with van der Waals surface area (Å²) in [4.78, 5) is 12.6. The normalized spacial score (nSPS) is 11.0. The van der Waals surface area contributed by atoms with E-state index in [1.54, 1.807) is 7.11 Å². The second-order valence-electron chi connectivity index (χ2n) is 7.71. The second kappa shape index (κ2) is 11.0. The van der Waals surface area contributed by atoms with Crippen LogP contribution in [0.4, 0.5) is 6.01 Å². The number of rotatable bonds is 10. The van der Waals surface area contributed by atoms with Crippen molar-refractivity contribution in [1.29, 1.82) is 0 Å². The number of aromatic nitrogens is 5. The van der Waals surface area contributed by atoms with Crippen LogP contribution in [0.25, 0.3) is 17.1 Å². The molecule has 2 aromatic carbocycles. The van der Waals surface area contributed by atoms with Crippen molar-refractivity contribution in [2.24, 2.45) is 0 Å². The van der Waals surface area contributed by atoms with Gasteiger partial charge < -0.3 is 13.9 Å². The molecule has 11 heteroatoms. The van der Waals surface area contributed by atoms with Crippen LogP contribution in [0.1, 0.15) is 32.6 Å². The maximum Gasteiger partial charge on any atom is 0.322 e. The number of carbonyl (C=O) groups is 1. The highest BCUT2D eigenvalue weighted by atomic mass is 32.2. The number of carbonyl (C=O) groups excluding carboxylic acids is 1. The molecule has 2 aromatic heterocycles. The monoisotopic (exact) mass is 494 g/mol. The van der Waals surface area contributed by atoms with E-state index in [1.807, 2.05) is 73.9 Å². The van der Waals surface area contributed by atoms with Crippen LogP contribution in [0.5, 0.6) is 11.5 Å². The first-order valence-electron chi connectivity index (χ1n) is 11.1. The molecule has 10 nitrogen and oxygen atoms in total. The van der Waals surface area contributed by atoms with Crippen molar-refractivity contribution in [1.82, 2.24) is 25.0 Å². The maximum absolute atomic E-state index is 12.6. The maximum atomic E-state index is 12.6. The third-order valence-corrected chi connectivity index (χ3v) is 5.83. The molecule has 0 atom stereocenters. The summed E-state index contributed by atoms with van der Waals surface area (Å²) in [5.41, 5.74) is 1.60. The Bertz CT molecular complexity index is 1290. The highest BCUT2D eigenvalue weighted by molar-refractivity contribution is 7.99. The summed E-state index contributed by atoms with van der Waals surface area (Å²) in [6, 6.07) is 15.3. The predicted octanol–water partition coefficient (Wildman–Crippen LogP) is 4.58. The Morgan fingerprint density at radius 1 is 1.09 bits per heavy atom. The fourth-order valence-corrected chi connectivity index (χ4v) is 4.01. The van der Waals surface area contributed by atoms with E-state index in [-0.39, 0.29) is 23.6 Å². The third-order valence-electron chi connectivity index (χ3n) is 4.90. The number of ether oxygens (including phenoxy) is 2. The molecule has 0 unspecified atom stereocenters.